The van der Waals surface area contributed by atoms with Gasteiger partial charge in [-0.3, -0.25) is 9.78 Å². The van der Waals surface area contributed by atoms with Gasteiger partial charge in [-0.05, 0) is 44.4 Å². The van der Waals surface area contributed by atoms with Gasteiger partial charge in [0.15, 0.2) is 0 Å². The van der Waals surface area contributed by atoms with E-state index in [-0.39, 0.29) is 11.3 Å². The van der Waals surface area contributed by atoms with E-state index in [9.17, 15) is 4.79 Å². The van der Waals surface area contributed by atoms with Gasteiger partial charge >= 0.3 is 0 Å². The molecule has 1 aromatic heterocycles. The molecular formula is C15H21N3O. The van der Waals surface area contributed by atoms with Gasteiger partial charge in [0.1, 0.15) is 0 Å². The number of carbonyl (C=O) groups excluding carboxylic acids is 1. The average Bonchev–Trinajstić information content (AvgIpc) is 2.97. The van der Waals surface area contributed by atoms with Crippen LogP contribution in [-0.4, -0.2) is 23.5 Å². The van der Waals surface area contributed by atoms with Crippen LogP contribution in [0.5, 0.6) is 0 Å². The van der Waals surface area contributed by atoms with Crippen molar-refractivity contribution in [1.82, 2.24) is 15.6 Å². The maximum absolute atomic E-state index is 12.6. The van der Waals surface area contributed by atoms with Crippen LogP contribution in [0.1, 0.15) is 36.9 Å². The summed E-state index contributed by atoms with van der Waals surface area (Å²) in [6, 6.07) is 4.34. The van der Waals surface area contributed by atoms with Crippen molar-refractivity contribution in [3.63, 3.8) is 0 Å². The van der Waals surface area contributed by atoms with Crippen LogP contribution in [0.2, 0.25) is 0 Å². The second-order valence-electron chi connectivity index (χ2n) is 5.74. The van der Waals surface area contributed by atoms with E-state index in [0.29, 0.717) is 12.6 Å². The smallest absolute Gasteiger partial charge is 0.228 e. The van der Waals surface area contributed by atoms with E-state index in [1.54, 1.807) is 6.20 Å². The fourth-order valence-electron chi connectivity index (χ4n) is 3.58. The fourth-order valence-corrected chi connectivity index (χ4v) is 3.58. The molecule has 0 aromatic carbocycles. The van der Waals surface area contributed by atoms with E-state index in [0.717, 1.165) is 43.5 Å². The summed E-state index contributed by atoms with van der Waals surface area (Å²) in [5, 5.41) is 6.60. The molecule has 4 heteroatoms. The molecule has 2 atom stereocenters. The largest absolute Gasteiger partial charge is 0.351 e. The fraction of sp³-hybridized carbons (Fsp3) is 0.600. The van der Waals surface area contributed by atoms with Gasteiger partial charge in [-0.15, -0.1) is 0 Å². The standard InChI is InChI=1S/C15H21N3O/c1-11-12(4-3-8-16-11)10-18-14(19)15-6-2-5-13(15)17-9-7-15/h3-4,8,13,17H,2,5-7,9-10H2,1H3,(H,18,19)/t13-,15+/m1/s1. The summed E-state index contributed by atoms with van der Waals surface area (Å²) >= 11 is 0. The molecule has 19 heavy (non-hydrogen) atoms. The predicted octanol–water partition coefficient (Wildman–Crippen LogP) is 1.54. The van der Waals surface area contributed by atoms with Gasteiger partial charge in [-0.2, -0.15) is 0 Å². The summed E-state index contributed by atoms with van der Waals surface area (Å²) in [5.74, 6) is 0.225. The zero-order valence-corrected chi connectivity index (χ0v) is 11.4. The summed E-state index contributed by atoms with van der Waals surface area (Å²) in [7, 11) is 0. The lowest BCUT2D eigenvalue weighted by Crippen LogP contribution is -2.45. The highest BCUT2D eigenvalue weighted by Crippen LogP contribution is 2.44. The number of rotatable bonds is 3. The number of aromatic nitrogens is 1. The van der Waals surface area contributed by atoms with Gasteiger partial charge in [0, 0.05) is 24.5 Å². The maximum atomic E-state index is 12.6. The highest BCUT2D eigenvalue weighted by Gasteiger charge is 2.51. The first-order valence-corrected chi connectivity index (χ1v) is 7.14. The lowest BCUT2D eigenvalue weighted by atomic mass is 9.81. The van der Waals surface area contributed by atoms with E-state index in [2.05, 4.69) is 15.6 Å². The van der Waals surface area contributed by atoms with Gasteiger partial charge in [-0.25, -0.2) is 0 Å². The summed E-state index contributed by atoms with van der Waals surface area (Å²) in [6.45, 7) is 3.55. The van der Waals surface area contributed by atoms with Crippen LogP contribution in [-0.2, 0) is 11.3 Å². The maximum Gasteiger partial charge on any atom is 0.228 e. The third kappa shape index (κ3) is 2.14. The number of hydrogen-bond donors (Lipinski definition) is 2. The number of pyridine rings is 1. The molecule has 2 aliphatic rings. The van der Waals surface area contributed by atoms with E-state index in [1.165, 1.54) is 0 Å². The topological polar surface area (TPSA) is 54.0 Å². The molecule has 0 unspecified atom stereocenters. The molecule has 0 radical (unpaired) electrons. The number of hydrogen-bond acceptors (Lipinski definition) is 3. The number of amides is 1. The number of aryl methyl sites for hydroxylation is 1. The van der Waals surface area contributed by atoms with Crippen LogP contribution in [0, 0.1) is 12.3 Å². The summed E-state index contributed by atoms with van der Waals surface area (Å²) in [5.41, 5.74) is 1.96. The minimum Gasteiger partial charge on any atom is -0.351 e. The van der Waals surface area contributed by atoms with Crippen LogP contribution in [0.25, 0.3) is 0 Å². The molecule has 3 rings (SSSR count). The Labute approximate surface area is 114 Å². The Balaban J connectivity index is 1.67. The van der Waals surface area contributed by atoms with Crippen LogP contribution in [0.3, 0.4) is 0 Å². The van der Waals surface area contributed by atoms with Gasteiger partial charge in [0.2, 0.25) is 5.91 Å². The second kappa shape index (κ2) is 4.93. The van der Waals surface area contributed by atoms with Gasteiger partial charge < -0.3 is 10.6 Å². The molecular weight excluding hydrogens is 238 g/mol. The molecule has 0 bridgehead atoms. The van der Waals surface area contributed by atoms with Crippen molar-refractivity contribution >= 4 is 5.91 Å². The van der Waals surface area contributed by atoms with Crippen LogP contribution in [0.4, 0.5) is 0 Å². The predicted molar refractivity (Wildman–Crippen MR) is 73.5 cm³/mol. The minimum atomic E-state index is -0.143. The van der Waals surface area contributed by atoms with Crippen molar-refractivity contribution in [1.29, 1.82) is 0 Å². The Morgan fingerprint density at radius 1 is 1.58 bits per heavy atom. The second-order valence-corrected chi connectivity index (χ2v) is 5.74. The highest BCUT2D eigenvalue weighted by molar-refractivity contribution is 5.84. The summed E-state index contributed by atoms with van der Waals surface area (Å²) < 4.78 is 0. The number of fused-ring (bicyclic) bond motifs is 1. The quantitative estimate of drug-likeness (QED) is 0.865. The van der Waals surface area contributed by atoms with Crippen LogP contribution < -0.4 is 10.6 Å². The van der Waals surface area contributed by atoms with E-state index >= 15 is 0 Å². The zero-order chi connectivity index (χ0) is 13.3. The van der Waals surface area contributed by atoms with E-state index in [4.69, 9.17) is 0 Å². The first-order chi connectivity index (χ1) is 9.22. The van der Waals surface area contributed by atoms with Crippen LogP contribution in [0.15, 0.2) is 18.3 Å². The van der Waals surface area contributed by atoms with Gasteiger partial charge in [0.05, 0.1) is 5.41 Å². The van der Waals surface area contributed by atoms with Crippen molar-refractivity contribution in [2.45, 2.75) is 45.2 Å². The Bertz CT molecular complexity index is 476. The molecule has 1 saturated carbocycles. The monoisotopic (exact) mass is 259 g/mol. The molecule has 2 N–H and O–H groups in total. The molecule has 1 aliphatic carbocycles. The molecule has 2 heterocycles. The van der Waals surface area contributed by atoms with Crippen molar-refractivity contribution in [2.75, 3.05) is 6.54 Å². The molecule has 102 valence electrons. The van der Waals surface area contributed by atoms with Crippen molar-refractivity contribution < 1.29 is 4.79 Å². The van der Waals surface area contributed by atoms with Gasteiger partial charge in [-0.1, -0.05) is 12.5 Å². The first-order valence-electron chi connectivity index (χ1n) is 7.14. The Hall–Kier alpha value is -1.42. The lowest BCUT2D eigenvalue weighted by molar-refractivity contribution is -0.131. The summed E-state index contributed by atoms with van der Waals surface area (Å²) in [6.07, 6.45) is 6.10. The van der Waals surface area contributed by atoms with Crippen LogP contribution >= 0.6 is 0 Å². The zero-order valence-electron chi connectivity index (χ0n) is 11.4. The Kier molecular flexibility index (Phi) is 3.27. The lowest BCUT2D eigenvalue weighted by Gasteiger charge is -2.27. The molecule has 0 spiro atoms. The molecule has 2 fully saturated rings. The van der Waals surface area contributed by atoms with Crippen molar-refractivity contribution in [2.24, 2.45) is 5.41 Å². The molecule has 1 aromatic rings. The normalized spacial score (nSPS) is 29.2. The Morgan fingerprint density at radius 2 is 2.47 bits per heavy atom. The SMILES string of the molecule is Cc1ncccc1CNC(=O)[C@]12CCC[C@H]1NCC2. The van der Waals surface area contributed by atoms with Crippen molar-refractivity contribution in [3.05, 3.63) is 29.6 Å². The number of nitrogens with one attached hydrogen (secondary N) is 2. The number of nitrogens with zero attached hydrogens (tertiary/aromatic N) is 1. The molecule has 1 amide bonds. The highest BCUT2D eigenvalue weighted by atomic mass is 16.2. The number of carbonyl (C=O) groups is 1. The third-order valence-electron chi connectivity index (χ3n) is 4.75. The van der Waals surface area contributed by atoms with Crippen molar-refractivity contribution in [3.8, 4) is 0 Å². The first kappa shape index (κ1) is 12.6. The molecule has 1 aliphatic heterocycles. The summed E-state index contributed by atoms with van der Waals surface area (Å²) in [4.78, 5) is 16.8. The van der Waals surface area contributed by atoms with E-state index < -0.39 is 0 Å². The molecule has 1 saturated heterocycles. The van der Waals surface area contributed by atoms with E-state index in [1.807, 2.05) is 19.1 Å². The minimum absolute atomic E-state index is 0.143. The van der Waals surface area contributed by atoms with Gasteiger partial charge in [0.25, 0.3) is 0 Å². The Morgan fingerprint density at radius 3 is 3.32 bits per heavy atom. The molecule has 4 nitrogen and oxygen atoms in total. The average molecular weight is 259 g/mol. The third-order valence-corrected chi connectivity index (χ3v) is 4.75.